The number of aryl methyl sites for hydroxylation is 2. The molecule has 0 saturated heterocycles. The fourth-order valence-corrected chi connectivity index (χ4v) is 1.84. The van der Waals surface area contributed by atoms with Crippen molar-refractivity contribution < 1.29 is 14.3 Å². The van der Waals surface area contributed by atoms with Crippen molar-refractivity contribution in [1.29, 1.82) is 0 Å². The highest BCUT2D eigenvalue weighted by Gasteiger charge is 2.13. The van der Waals surface area contributed by atoms with Crippen LogP contribution >= 0.6 is 0 Å². The van der Waals surface area contributed by atoms with Crippen LogP contribution in [0.3, 0.4) is 0 Å². The zero-order chi connectivity index (χ0) is 13.1. The van der Waals surface area contributed by atoms with E-state index in [1.165, 1.54) is 11.8 Å². The Morgan fingerprint density at radius 2 is 2.22 bits per heavy atom. The molecule has 1 N–H and O–H groups in total. The molecular weight excluding hydrogens is 230 g/mol. The summed E-state index contributed by atoms with van der Waals surface area (Å²) in [4.78, 5) is 14.8. The summed E-state index contributed by atoms with van der Waals surface area (Å²) in [5.74, 6) is -0.713. The van der Waals surface area contributed by atoms with Crippen molar-refractivity contribution in [2.45, 2.75) is 26.7 Å². The second-order valence-electron chi connectivity index (χ2n) is 4.24. The van der Waals surface area contributed by atoms with Gasteiger partial charge in [-0.25, -0.2) is 9.78 Å². The van der Waals surface area contributed by atoms with Crippen LogP contribution in [-0.2, 0) is 6.42 Å². The van der Waals surface area contributed by atoms with Crippen molar-refractivity contribution in [3.63, 3.8) is 0 Å². The highest BCUT2D eigenvalue weighted by molar-refractivity contribution is 5.85. The Bertz CT molecular complexity index is 572. The average molecular weight is 245 g/mol. The molecule has 0 unspecified atom stereocenters. The van der Waals surface area contributed by atoms with E-state index in [-0.39, 0.29) is 5.69 Å². The first-order valence-corrected chi connectivity index (χ1v) is 5.90. The Morgan fingerprint density at radius 1 is 1.44 bits per heavy atom. The van der Waals surface area contributed by atoms with Crippen LogP contribution in [0.5, 0.6) is 0 Å². The van der Waals surface area contributed by atoms with E-state index < -0.39 is 5.97 Å². The van der Waals surface area contributed by atoms with Crippen LogP contribution in [0, 0.1) is 6.92 Å². The Labute approximate surface area is 105 Å². The monoisotopic (exact) mass is 245 g/mol. The van der Waals surface area contributed by atoms with Gasteiger partial charge in [0.15, 0.2) is 5.69 Å². The minimum atomic E-state index is -1.08. The molecule has 0 amide bonds. The van der Waals surface area contributed by atoms with Crippen LogP contribution in [0.4, 0.5) is 0 Å². The molecule has 1 heterocycles. The summed E-state index contributed by atoms with van der Waals surface area (Å²) in [6, 6.07) is 6.09. The molecule has 0 bridgehead atoms. The number of carboxylic acid groups (broad SMARTS) is 1. The molecule has 1 aromatic carbocycles. The molecule has 0 radical (unpaired) electrons. The van der Waals surface area contributed by atoms with E-state index >= 15 is 0 Å². The molecule has 1 aromatic heterocycles. The number of aromatic nitrogens is 1. The van der Waals surface area contributed by atoms with Crippen LogP contribution in [0.1, 0.15) is 35.0 Å². The van der Waals surface area contributed by atoms with Gasteiger partial charge in [-0.1, -0.05) is 25.5 Å². The third-order valence-corrected chi connectivity index (χ3v) is 2.79. The zero-order valence-electron chi connectivity index (χ0n) is 10.4. The third kappa shape index (κ3) is 2.42. The van der Waals surface area contributed by atoms with Crippen molar-refractivity contribution in [2.24, 2.45) is 0 Å². The van der Waals surface area contributed by atoms with E-state index in [1.54, 1.807) is 0 Å². The van der Waals surface area contributed by atoms with E-state index in [1.807, 2.05) is 19.1 Å². The van der Waals surface area contributed by atoms with Crippen molar-refractivity contribution in [3.05, 3.63) is 41.3 Å². The van der Waals surface area contributed by atoms with Gasteiger partial charge in [0.1, 0.15) is 6.26 Å². The number of aromatic carboxylic acids is 1. The number of nitrogens with zero attached hydrogens (tertiary/aromatic N) is 1. The van der Waals surface area contributed by atoms with Crippen molar-refractivity contribution in [3.8, 4) is 11.5 Å². The standard InChI is InChI=1S/C14H15NO3/c1-3-4-10-6-5-9(2)11(7-10)13-15-12(8-18-13)14(16)17/h5-8H,3-4H2,1-2H3,(H,16,17). The lowest BCUT2D eigenvalue weighted by atomic mass is 10.0. The van der Waals surface area contributed by atoms with Gasteiger partial charge in [-0.3, -0.25) is 0 Å². The topological polar surface area (TPSA) is 63.3 Å². The van der Waals surface area contributed by atoms with Crippen LogP contribution in [-0.4, -0.2) is 16.1 Å². The van der Waals surface area contributed by atoms with Gasteiger partial charge < -0.3 is 9.52 Å². The first-order chi connectivity index (χ1) is 8.61. The van der Waals surface area contributed by atoms with Gasteiger partial charge in [-0.2, -0.15) is 0 Å². The zero-order valence-corrected chi connectivity index (χ0v) is 10.4. The van der Waals surface area contributed by atoms with Gasteiger partial charge in [-0.05, 0) is 30.5 Å². The predicted molar refractivity (Wildman–Crippen MR) is 67.6 cm³/mol. The molecule has 0 aliphatic rings. The summed E-state index contributed by atoms with van der Waals surface area (Å²) in [5.41, 5.74) is 3.01. The lowest BCUT2D eigenvalue weighted by molar-refractivity contribution is 0.0690. The summed E-state index contributed by atoms with van der Waals surface area (Å²) >= 11 is 0. The number of rotatable bonds is 4. The molecular formula is C14H15NO3. The normalized spacial score (nSPS) is 10.6. The van der Waals surface area contributed by atoms with Crippen molar-refractivity contribution in [1.82, 2.24) is 4.98 Å². The van der Waals surface area contributed by atoms with Gasteiger partial charge in [0.2, 0.25) is 5.89 Å². The van der Waals surface area contributed by atoms with Crippen molar-refractivity contribution in [2.75, 3.05) is 0 Å². The molecule has 0 fully saturated rings. The largest absolute Gasteiger partial charge is 0.476 e. The van der Waals surface area contributed by atoms with Gasteiger partial charge in [-0.15, -0.1) is 0 Å². The highest BCUT2D eigenvalue weighted by atomic mass is 16.4. The Kier molecular flexibility index (Phi) is 3.46. The van der Waals surface area contributed by atoms with Crippen LogP contribution < -0.4 is 0 Å². The summed E-state index contributed by atoms with van der Waals surface area (Å²) in [6.45, 7) is 4.07. The van der Waals surface area contributed by atoms with Gasteiger partial charge in [0, 0.05) is 5.56 Å². The molecule has 94 valence electrons. The van der Waals surface area contributed by atoms with E-state index in [0.29, 0.717) is 5.89 Å². The molecule has 0 saturated carbocycles. The Balaban J connectivity index is 2.41. The maximum absolute atomic E-state index is 10.8. The summed E-state index contributed by atoms with van der Waals surface area (Å²) in [7, 11) is 0. The second kappa shape index (κ2) is 5.04. The van der Waals surface area contributed by atoms with Crippen LogP contribution in [0.15, 0.2) is 28.9 Å². The molecule has 0 aliphatic carbocycles. The predicted octanol–water partition coefficient (Wildman–Crippen LogP) is 3.30. The number of carboxylic acids is 1. The van der Waals surface area contributed by atoms with E-state index in [4.69, 9.17) is 9.52 Å². The fraction of sp³-hybridized carbons (Fsp3) is 0.286. The molecule has 0 atom stereocenters. The van der Waals surface area contributed by atoms with Gasteiger partial charge >= 0.3 is 5.97 Å². The SMILES string of the molecule is CCCc1ccc(C)c(-c2nc(C(=O)O)co2)c1. The lowest BCUT2D eigenvalue weighted by Gasteiger charge is -2.05. The molecule has 0 spiro atoms. The first-order valence-electron chi connectivity index (χ1n) is 5.90. The highest BCUT2D eigenvalue weighted by Crippen LogP contribution is 2.24. The molecule has 2 aromatic rings. The van der Waals surface area contributed by atoms with Crippen LogP contribution in [0.2, 0.25) is 0 Å². The first kappa shape index (κ1) is 12.4. The van der Waals surface area contributed by atoms with Crippen LogP contribution in [0.25, 0.3) is 11.5 Å². The fourth-order valence-electron chi connectivity index (χ4n) is 1.84. The third-order valence-electron chi connectivity index (χ3n) is 2.79. The maximum atomic E-state index is 10.8. The summed E-state index contributed by atoms with van der Waals surface area (Å²) < 4.78 is 5.23. The smallest absolute Gasteiger partial charge is 0.357 e. The number of oxazole rings is 1. The number of carbonyl (C=O) groups is 1. The minimum Gasteiger partial charge on any atom is -0.476 e. The van der Waals surface area contributed by atoms with E-state index in [9.17, 15) is 4.79 Å². The average Bonchev–Trinajstić information content (AvgIpc) is 2.81. The minimum absolute atomic E-state index is 0.0645. The Morgan fingerprint density at radius 3 is 2.83 bits per heavy atom. The summed E-state index contributed by atoms with van der Waals surface area (Å²) in [6.07, 6.45) is 3.22. The molecule has 18 heavy (non-hydrogen) atoms. The van der Waals surface area contributed by atoms with E-state index in [0.717, 1.165) is 24.0 Å². The molecule has 4 heteroatoms. The molecule has 2 rings (SSSR count). The van der Waals surface area contributed by atoms with Crippen molar-refractivity contribution >= 4 is 5.97 Å². The van der Waals surface area contributed by atoms with Gasteiger partial charge in [0.25, 0.3) is 0 Å². The van der Waals surface area contributed by atoms with Gasteiger partial charge in [0.05, 0.1) is 0 Å². The Hall–Kier alpha value is -2.10. The van der Waals surface area contributed by atoms with E-state index in [2.05, 4.69) is 18.0 Å². The lowest BCUT2D eigenvalue weighted by Crippen LogP contribution is -1.96. The number of hydrogen-bond acceptors (Lipinski definition) is 3. The number of hydrogen-bond donors (Lipinski definition) is 1. The summed E-state index contributed by atoms with van der Waals surface area (Å²) in [5, 5.41) is 8.83. The quantitative estimate of drug-likeness (QED) is 0.897. The molecule has 0 aliphatic heterocycles. The number of benzene rings is 1. The second-order valence-corrected chi connectivity index (χ2v) is 4.24. The maximum Gasteiger partial charge on any atom is 0.357 e. The molecule has 4 nitrogen and oxygen atoms in total.